The minimum absolute atomic E-state index is 0.0369. The summed E-state index contributed by atoms with van der Waals surface area (Å²) in [5, 5.41) is 13.6. The van der Waals surface area contributed by atoms with Crippen LogP contribution >= 0.6 is 0 Å². The molecule has 0 aliphatic heterocycles. The first-order valence-electron chi connectivity index (χ1n) is 6.00. The Bertz CT molecular complexity index is 652. The second kappa shape index (κ2) is 5.55. The molecule has 20 heavy (non-hydrogen) atoms. The topological polar surface area (TPSA) is 108 Å². The number of benzene rings is 1. The van der Waals surface area contributed by atoms with Crippen LogP contribution in [0.1, 0.15) is 13.8 Å². The number of rotatable bonds is 5. The van der Waals surface area contributed by atoms with E-state index in [-0.39, 0.29) is 29.4 Å². The van der Waals surface area contributed by atoms with E-state index >= 15 is 0 Å². The fourth-order valence-electron chi connectivity index (χ4n) is 1.65. The van der Waals surface area contributed by atoms with Gasteiger partial charge in [-0.3, -0.25) is 10.1 Å². The van der Waals surface area contributed by atoms with Crippen molar-refractivity contribution >= 4 is 28.8 Å². The van der Waals surface area contributed by atoms with E-state index in [0.29, 0.717) is 0 Å². The molecule has 0 fully saturated rings. The molecule has 8 heteroatoms. The third-order valence-electron chi connectivity index (χ3n) is 2.57. The summed E-state index contributed by atoms with van der Waals surface area (Å²) < 4.78 is 10.2. The molecular weight excluding hydrogens is 266 g/mol. The zero-order chi connectivity index (χ0) is 14.7. The Morgan fingerprint density at radius 2 is 2.35 bits per heavy atom. The van der Waals surface area contributed by atoms with Crippen molar-refractivity contribution in [2.45, 2.75) is 19.9 Å². The van der Waals surface area contributed by atoms with Crippen LogP contribution in [0.5, 0.6) is 0 Å². The standard InChI is InChI=1S/C12H13N3O5/c1-3-19-11(16)7(2)13-12-14-10-8(15(17)18)5-4-6-9(10)20-12/h4-7H,3H2,1-2H3,(H,13,14). The van der Waals surface area contributed by atoms with Gasteiger partial charge in [0.2, 0.25) is 0 Å². The summed E-state index contributed by atoms with van der Waals surface area (Å²) in [4.78, 5) is 25.8. The smallest absolute Gasteiger partial charge is 0.328 e. The molecular formula is C12H13N3O5. The molecule has 1 atom stereocenters. The summed E-state index contributed by atoms with van der Waals surface area (Å²) in [5.41, 5.74) is 0.261. The van der Waals surface area contributed by atoms with Gasteiger partial charge in [-0.05, 0) is 19.9 Å². The number of non-ortho nitro benzene ring substituents is 1. The molecule has 0 radical (unpaired) electrons. The van der Waals surface area contributed by atoms with Crippen LogP contribution in [0.4, 0.5) is 11.7 Å². The maximum atomic E-state index is 11.5. The van der Waals surface area contributed by atoms with Crippen molar-refractivity contribution in [3.05, 3.63) is 28.3 Å². The van der Waals surface area contributed by atoms with E-state index in [1.165, 1.54) is 12.1 Å². The summed E-state index contributed by atoms with van der Waals surface area (Å²) in [6.45, 7) is 3.55. The van der Waals surface area contributed by atoms with Gasteiger partial charge < -0.3 is 14.5 Å². The molecule has 1 unspecified atom stereocenters. The highest BCUT2D eigenvalue weighted by atomic mass is 16.6. The van der Waals surface area contributed by atoms with Crippen molar-refractivity contribution in [2.75, 3.05) is 11.9 Å². The Balaban J connectivity index is 2.26. The van der Waals surface area contributed by atoms with Crippen molar-refractivity contribution in [1.82, 2.24) is 4.98 Å². The lowest BCUT2D eigenvalue weighted by molar-refractivity contribution is -0.383. The molecule has 1 N–H and O–H groups in total. The van der Waals surface area contributed by atoms with Crippen LogP contribution in [0, 0.1) is 10.1 Å². The number of carbonyl (C=O) groups excluding carboxylic acids is 1. The highest BCUT2D eigenvalue weighted by Crippen LogP contribution is 2.27. The number of carbonyl (C=O) groups is 1. The van der Waals surface area contributed by atoms with Gasteiger partial charge >= 0.3 is 5.97 Å². The molecule has 0 aliphatic carbocycles. The van der Waals surface area contributed by atoms with E-state index in [4.69, 9.17) is 9.15 Å². The number of anilines is 1. The van der Waals surface area contributed by atoms with Crippen molar-refractivity contribution in [3.8, 4) is 0 Å². The van der Waals surface area contributed by atoms with Crippen LogP contribution in [0.2, 0.25) is 0 Å². The average Bonchev–Trinajstić information content (AvgIpc) is 2.80. The minimum Gasteiger partial charge on any atom is -0.464 e. The average molecular weight is 279 g/mol. The third kappa shape index (κ3) is 2.68. The number of esters is 1. The maximum Gasteiger partial charge on any atom is 0.328 e. The number of nitrogens with one attached hydrogen (secondary N) is 1. The number of nitro groups is 1. The van der Waals surface area contributed by atoms with Gasteiger partial charge in [-0.2, -0.15) is 4.98 Å². The largest absolute Gasteiger partial charge is 0.464 e. The maximum absolute atomic E-state index is 11.5. The molecule has 1 heterocycles. The van der Waals surface area contributed by atoms with Crippen LogP contribution in [0.3, 0.4) is 0 Å². The summed E-state index contributed by atoms with van der Waals surface area (Å²) in [6, 6.07) is 3.78. The first-order valence-corrected chi connectivity index (χ1v) is 6.00. The van der Waals surface area contributed by atoms with Crippen LogP contribution in [-0.4, -0.2) is 28.5 Å². The van der Waals surface area contributed by atoms with Gasteiger partial charge in [-0.25, -0.2) is 4.79 Å². The molecule has 2 rings (SSSR count). The molecule has 1 aromatic carbocycles. The summed E-state index contributed by atoms with van der Waals surface area (Å²) in [5.74, 6) is -0.454. The Kier molecular flexibility index (Phi) is 3.83. The molecule has 2 aromatic rings. The number of oxazole rings is 1. The zero-order valence-electron chi connectivity index (χ0n) is 11.0. The van der Waals surface area contributed by atoms with Gasteiger partial charge in [0, 0.05) is 6.07 Å². The molecule has 106 valence electrons. The van der Waals surface area contributed by atoms with Gasteiger partial charge in [0.1, 0.15) is 6.04 Å². The molecule has 1 aromatic heterocycles. The summed E-state index contributed by atoms with van der Waals surface area (Å²) in [6.07, 6.45) is 0. The number of ether oxygens (including phenoxy) is 1. The zero-order valence-corrected chi connectivity index (χ0v) is 11.0. The van der Waals surface area contributed by atoms with Gasteiger partial charge in [-0.1, -0.05) is 6.07 Å². The molecule has 0 bridgehead atoms. The van der Waals surface area contributed by atoms with E-state index in [2.05, 4.69) is 10.3 Å². The Hall–Kier alpha value is -2.64. The third-order valence-corrected chi connectivity index (χ3v) is 2.57. The summed E-state index contributed by atoms with van der Waals surface area (Å²) >= 11 is 0. The quantitative estimate of drug-likeness (QED) is 0.507. The first-order chi connectivity index (χ1) is 9.52. The molecule has 8 nitrogen and oxygen atoms in total. The number of nitro benzene ring substituents is 1. The number of fused-ring (bicyclic) bond motifs is 1. The Morgan fingerprint density at radius 1 is 1.60 bits per heavy atom. The first kappa shape index (κ1) is 13.8. The number of aromatic nitrogens is 1. The normalized spacial score (nSPS) is 12.1. The van der Waals surface area contributed by atoms with Crippen molar-refractivity contribution in [2.24, 2.45) is 0 Å². The highest BCUT2D eigenvalue weighted by Gasteiger charge is 2.20. The predicted octanol–water partition coefficient (Wildman–Crippen LogP) is 2.10. The van der Waals surface area contributed by atoms with Crippen LogP contribution in [0.25, 0.3) is 11.1 Å². The van der Waals surface area contributed by atoms with E-state index in [9.17, 15) is 14.9 Å². The van der Waals surface area contributed by atoms with Crippen molar-refractivity contribution in [3.63, 3.8) is 0 Å². The lowest BCUT2D eigenvalue weighted by Crippen LogP contribution is -2.28. The van der Waals surface area contributed by atoms with E-state index in [1.54, 1.807) is 19.9 Å². The molecule has 0 aliphatic rings. The minimum atomic E-state index is -0.665. The van der Waals surface area contributed by atoms with Gasteiger partial charge in [0.05, 0.1) is 11.5 Å². The van der Waals surface area contributed by atoms with Gasteiger partial charge in [-0.15, -0.1) is 0 Å². The number of para-hydroxylation sites is 1. The Morgan fingerprint density at radius 3 is 3.00 bits per heavy atom. The SMILES string of the molecule is CCOC(=O)C(C)Nc1nc2c([N+](=O)[O-])cccc2o1. The van der Waals surface area contributed by atoms with E-state index in [0.717, 1.165) is 0 Å². The second-order valence-corrected chi connectivity index (χ2v) is 4.02. The van der Waals surface area contributed by atoms with E-state index in [1.807, 2.05) is 0 Å². The lowest BCUT2D eigenvalue weighted by Gasteiger charge is -2.09. The fraction of sp³-hybridized carbons (Fsp3) is 0.333. The number of nitrogens with zero attached hydrogens (tertiary/aromatic N) is 2. The predicted molar refractivity (Wildman–Crippen MR) is 70.4 cm³/mol. The summed E-state index contributed by atoms with van der Waals surface area (Å²) in [7, 11) is 0. The van der Waals surface area contributed by atoms with Crippen LogP contribution in [0.15, 0.2) is 22.6 Å². The molecule has 0 saturated carbocycles. The van der Waals surface area contributed by atoms with Gasteiger partial charge in [0.15, 0.2) is 11.1 Å². The van der Waals surface area contributed by atoms with E-state index < -0.39 is 16.9 Å². The number of hydrogen-bond acceptors (Lipinski definition) is 7. The molecule has 0 spiro atoms. The second-order valence-electron chi connectivity index (χ2n) is 4.02. The Labute approximate surface area is 113 Å². The number of hydrogen-bond donors (Lipinski definition) is 1. The molecule has 0 saturated heterocycles. The van der Waals surface area contributed by atoms with Crippen LogP contribution in [-0.2, 0) is 9.53 Å². The van der Waals surface area contributed by atoms with Crippen LogP contribution < -0.4 is 5.32 Å². The van der Waals surface area contributed by atoms with Gasteiger partial charge in [0.25, 0.3) is 11.7 Å². The monoisotopic (exact) mass is 279 g/mol. The molecule has 0 amide bonds. The van der Waals surface area contributed by atoms with Crippen molar-refractivity contribution in [1.29, 1.82) is 0 Å². The lowest BCUT2D eigenvalue weighted by atomic mass is 10.3. The fourth-order valence-corrected chi connectivity index (χ4v) is 1.65. The van der Waals surface area contributed by atoms with Crippen molar-refractivity contribution < 1.29 is 18.9 Å². The highest BCUT2D eigenvalue weighted by molar-refractivity contribution is 5.84.